The molecule has 3 rings (SSSR count). The van der Waals surface area contributed by atoms with Gasteiger partial charge >= 0.3 is 6.03 Å². The second kappa shape index (κ2) is 12.1. The van der Waals surface area contributed by atoms with Gasteiger partial charge in [0.2, 0.25) is 5.91 Å². The molecule has 2 aromatic carbocycles. The number of rotatable bonds is 9. The number of carbonyl (C=O) groups excluding carboxylic acids is 2. The maximum absolute atomic E-state index is 13.1. The monoisotopic (exact) mass is 453 g/mol. The Labute approximate surface area is 196 Å². The first-order valence-electron chi connectivity index (χ1n) is 11.6. The van der Waals surface area contributed by atoms with Crippen molar-refractivity contribution in [2.24, 2.45) is 5.92 Å². The molecule has 2 atom stereocenters. The smallest absolute Gasteiger partial charge is 0.317 e. The number of carbonyl (C=O) groups is 2. The van der Waals surface area contributed by atoms with Crippen molar-refractivity contribution < 1.29 is 19.1 Å². The first-order valence-corrected chi connectivity index (χ1v) is 11.6. The molecular formula is C26H35N3O4. The Bertz CT molecular complexity index is 919. The third kappa shape index (κ3) is 6.63. The highest BCUT2D eigenvalue weighted by molar-refractivity contribution is 5.81. The van der Waals surface area contributed by atoms with Gasteiger partial charge in [0.25, 0.3) is 0 Å². The molecule has 1 aliphatic rings. The number of hydrogen-bond donors (Lipinski definition) is 2. The number of hydrogen-bond acceptors (Lipinski definition) is 4. The van der Waals surface area contributed by atoms with Crippen LogP contribution in [0.2, 0.25) is 0 Å². The predicted octanol–water partition coefficient (Wildman–Crippen LogP) is 3.94. The van der Waals surface area contributed by atoms with Crippen molar-refractivity contribution in [1.82, 2.24) is 15.5 Å². The summed E-state index contributed by atoms with van der Waals surface area (Å²) in [5.74, 6) is 0.990. The summed E-state index contributed by atoms with van der Waals surface area (Å²) in [5.41, 5.74) is 2.08. The predicted molar refractivity (Wildman–Crippen MR) is 129 cm³/mol. The molecule has 0 aromatic heterocycles. The molecule has 178 valence electrons. The van der Waals surface area contributed by atoms with Gasteiger partial charge in [0.15, 0.2) is 11.5 Å². The lowest BCUT2D eigenvalue weighted by Crippen LogP contribution is -2.51. The Morgan fingerprint density at radius 3 is 2.45 bits per heavy atom. The molecule has 1 heterocycles. The molecule has 1 saturated heterocycles. The van der Waals surface area contributed by atoms with Crippen molar-refractivity contribution in [3.63, 3.8) is 0 Å². The lowest BCUT2D eigenvalue weighted by atomic mass is 9.84. The van der Waals surface area contributed by atoms with Gasteiger partial charge in [0.05, 0.1) is 20.1 Å². The van der Waals surface area contributed by atoms with E-state index in [0.717, 1.165) is 24.0 Å². The van der Waals surface area contributed by atoms with Gasteiger partial charge in [-0.05, 0) is 36.1 Å². The summed E-state index contributed by atoms with van der Waals surface area (Å²) in [6, 6.07) is 15.5. The van der Waals surface area contributed by atoms with Gasteiger partial charge in [-0.15, -0.1) is 0 Å². The molecule has 1 aliphatic heterocycles. The molecule has 2 N–H and O–H groups in total. The van der Waals surface area contributed by atoms with Crippen LogP contribution in [-0.4, -0.2) is 50.7 Å². The minimum atomic E-state index is -0.294. The van der Waals surface area contributed by atoms with E-state index in [1.54, 1.807) is 19.1 Å². The van der Waals surface area contributed by atoms with Gasteiger partial charge in [0.1, 0.15) is 0 Å². The van der Waals surface area contributed by atoms with Crippen molar-refractivity contribution in [2.75, 3.05) is 33.9 Å². The van der Waals surface area contributed by atoms with E-state index in [4.69, 9.17) is 9.47 Å². The van der Waals surface area contributed by atoms with E-state index >= 15 is 0 Å². The van der Waals surface area contributed by atoms with E-state index in [1.165, 1.54) is 0 Å². The molecule has 0 radical (unpaired) electrons. The van der Waals surface area contributed by atoms with Crippen LogP contribution in [0.15, 0.2) is 48.5 Å². The Morgan fingerprint density at radius 2 is 1.76 bits per heavy atom. The van der Waals surface area contributed by atoms with Gasteiger partial charge in [-0.25, -0.2) is 4.79 Å². The molecule has 3 amide bonds. The van der Waals surface area contributed by atoms with E-state index in [-0.39, 0.29) is 23.8 Å². The molecule has 0 unspecified atom stereocenters. The van der Waals surface area contributed by atoms with E-state index in [1.807, 2.05) is 48.5 Å². The number of unbranched alkanes of at least 4 members (excludes halogenated alkanes) is 1. The fourth-order valence-corrected chi connectivity index (χ4v) is 4.22. The highest BCUT2D eigenvalue weighted by atomic mass is 16.5. The Hall–Kier alpha value is -3.22. The molecule has 0 spiro atoms. The molecule has 0 saturated carbocycles. The molecule has 1 fully saturated rings. The minimum Gasteiger partial charge on any atom is -0.493 e. The lowest BCUT2D eigenvalue weighted by Gasteiger charge is -2.37. The fourth-order valence-electron chi connectivity index (χ4n) is 4.22. The number of likely N-dealkylation sites (tertiary alicyclic amines) is 1. The summed E-state index contributed by atoms with van der Waals surface area (Å²) in [6.45, 7) is 4.16. The fraction of sp³-hybridized carbons (Fsp3) is 0.462. The first-order chi connectivity index (χ1) is 16.0. The number of amides is 3. The zero-order valence-electron chi connectivity index (χ0n) is 19.8. The topological polar surface area (TPSA) is 79.9 Å². The standard InChI is InChI=1S/C26H35N3O4/c1-4-5-13-27-26(31)29-17-21(20-11-12-23(32-2)24(15-20)33-3)14-22(18-29)25(30)28-16-19-9-7-6-8-10-19/h6-12,15,21-22H,4-5,13-14,16-18H2,1-3H3,(H,27,31)(H,28,30)/t21-,22+/m0/s1. The normalized spacial score (nSPS) is 17.8. The van der Waals surface area contributed by atoms with Gasteiger partial charge in [-0.2, -0.15) is 0 Å². The van der Waals surface area contributed by atoms with Crippen LogP contribution in [0.5, 0.6) is 11.5 Å². The summed E-state index contributed by atoms with van der Waals surface area (Å²) in [7, 11) is 3.21. The molecule has 7 nitrogen and oxygen atoms in total. The Morgan fingerprint density at radius 1 is 1.00 bits per heavy atom. The summed E-state index contributed by atoms with van der Waals surface area (Å²) >= 11 is 0. The number of ether oxygens (including phenoxy) is 2. The quantitative estimate of drug-likeness (QED) is 0.564. The van der Waals surface area contributed by atoms with Crippen LogP contribution in [0, 0.1) is 5.92 Å². The van der Waals surface area contributed by atoms with Gasteiger partial charge in [-0.3, -0.25) is 4.79 Å². The number of piperidine rings is 1. The van der Waals surface area contributed by atoms with Crippen molar-refractivity contribution in [3.05, 3.63) is 59.7 Å². The summed E-state index contributed by atoms with van der Waals surface area (Å²) in [5, 5.41) is 6.05. The average Bonchev–Trinajstić information content (AvgIpc) is 2.87. The van der Waals surface area contributed by atoms with Crippen LogP contribution < -0.4 is 20.1 Å². The van der Waals surface area contributed by atoms with E-state index in [2.05, 4.69) is 17.6 Å². The van der Waals surface area contributed by atoms with Crippen molar-refractivity contribution in [1.29, 1.82) is 0 Å². The van der Waals surface area contributed by atoms with E-state index < -0.39 is 0 Å². The van der Waals surface area contributed by atoms with Crippen LogP contribution in [0.3, 0.4) is 0 Å². The van der Waals surface area contributed by atoms with Gasteiger partial charge < -0.3 is 25.0 Å². The van der Waals surface area contributed by atoms with Gasteiger partial charge in [-0.1, -0.05) is 49.7 Å². The largest absolute Gasteiger partial charge is 0.493 e. The Kier molecular flexibility index (Phi) is 8.98. The van der Waals surface area contributed by atoms with Crippen LogP contribution >= 0.6 is 0 Å². The second-order valence-electron chi connectivity index (χ2n) is 8.44. The summed E-state index contributed by atoms with van der Waals surface area (Å²) < 4.78 is 10.8. The summed E-state index contributed by atoms with van der Waals surface area (Å²) in [6.07, 6.45) is 2.60. The highest BCUT2D eigenvalue weighted by Gasteiger charge is 2.34. The third-order valence-electron chi connectivity index (χ3n) is 6.10. The van der Waals surface area contributed by atoms with Crippen molar-refractivity contribution in [3.8, 4) is 11.5 Å². The number of benzene rings is 2. The van der Waals surface area contributed by atoms with Crippen LogP contribution in [-0.2, 0) is 11.3 Å². The first kappa shape index (κ1) is 24.4. The third-order valence-corrected chi connectivity index (χ3v) is 6.10. The highest BCUT2D eigenvalue weighted by Crippen LogP contribution is 2.35. The molecule has 0 aliphatic carbocycles. The van der Waals surface area contributed by atoms with Crippen molar-refractivity contribution >= 4 is 11.9 Å². The summed E-state index contributed by atoms with van der Waals surface area (Å²) in [4.78, 5) is 27.7. The average molecular weight is 454 g/mol. The van der Waals surface area contributed by atoms with Crippen LogP contribution in [0.1, 0.15) is 43.2 Å². The zero-order chi connectivity index (χ0) is 23.6. The second-order valence-corrected chi connectivity index (χ2v) is 8.44. The number of urea groups is 1. The lowest BCUT2D eigenvalue weighted by molar-refractivity contribution is -0.126. The van der Waals surface area contributed by atoms with E-state index in [9.17, 15) is 9.59 Å². The van der Waals surface area contributed by atoms with Crippen LogP contribution in [0.4, 0.5) is 4.79 Å². The number of nitrogens with zero attached hydrogens (tertiary/aromatic N) is 1. The van der Waals surface area contributed by atoms with E-state index in [0.29, 0.717) is 44.1 Å². The molecular weight excluding hydrogens is 418 g/mol. The SMILES string of the molecule is CCCCNC(=O)N1C[C@H](C(=O)NCc2ccccc2)C[C@H](c2ccc(OC)c(OC)c2)C1. The molecule has 7 heteroatoms. The minimum absolute atomic E-state index is 0.0166. The van der Waals surface area contributed by atoms with Crippen molar-refractivity contribution in [2.45, 2.75) is 38.6 Å². The maximum Gasteiger partial charge on any atom is 0.317 e. The molecule has 33 heavy (non-hydrogen) atoms. The molecule has 2 aromatic rings. The van der Waals surface area contributed by atoms with Gasteiger partial charge in [0, 0.05) is 32.1 Å². The maximum atomic E-state index is 13.1. The van der Waals surface area contributed by atoms with Crippen LogP contribution in [0.25, 0.3) is 0 Å². The zero-order valence-corrected chi connectivity index (χ0v) is 19.8. The number of methoxy groups -OCH3 is 2. The Balaban J connectivity index is 1.76. The number of nitrogens with one attached hydrogen (secondary N) is 2. The molecule has 0 bridgehead atoms.